The molecule has 13 heteroatoms. The van der Waals surface area contributed by atoms with Gasteiger partial charge >= 0.3 is 0 Å². The number of amides is 5. The van der Waals surface area contributed by atoms with Gasteiger partial charge in [-0.25, -0.2) is 0 Å². The molecule has 0 aliphatic carbocycles. The Morgan fingerprint density at radius 2 is 1.53 bits per heavy atom. The summed E-state index contributed by atoms with van der Waals surface area (Å²) in [6.07, 6.45) is 4.81. The van der Waals surface area contributed by atoms with Crippen molar-refractivity contribution in [3.8, 4) is 0 Å². The molecule has 6 aromatic rings. The van der Waals surface area contributed by atoms with Gasteiger partial charge in [0.2, 0.25) is 5.91 Å². The highest BCUT2D eigenvalue weighted by Crippen LogP contribution is 2.45. The van der Waals surface area contributed by atoms with Crippen LogP contribution < -0.4 is 15.5 Å². The van der Waals surface area contributed by atoms with Crippen LogP contribution in [0.1, 0.15) is 63.7 Å². The molecule has 3 aromatic heterocycles. The molecule has 0 saturated heterocycles. The first-order chi connectivity index (χ1) is 25.7. The lowest BCUT2D eigenvalue weighted by Crippen LogP contribution is -2.30. The van der Waals surface area contributed by atoms with Crippen LogP contribution in [0.2, 0.25) is 0 Å². The number of H-pyrrole nitrogens is 2. The Balaban J connectivity index is 0.892. The van der Waals surface area contributed by atoms with Gasteiger partial charge in [0.1, 0.15) is 11.4 Å². The van der Waals surface area contributed by atoms with E-state index in [4.69, 9.17) is 11.6 Å². The van der Waals surface area contributed by atoms with Crippen LogP contribution in [-0.4, -0.2) is 63.4 Å². The average molecular weight is 747 g/mol. The highest BCUT2D eigenvalue weighted by Gasteiger charge is 2.35. The average Bonchev–Trinajstić information content (AvgIpc) is 3.98. The molecular formula is C40H35ClN6O5S. The Kier molecular flexibility index (Phi) is 9.09. The van der Waals surface area contributed by atoms with Crippen molar-refractivity contribution in [2.24, 2.45) is 0 Å². The summed E-state index contributed by atoms with van der Waals surface area (Å²) in [5.74, 6) is -0.732. The number of rotatable bonds is 11. The smallest absolute Gasteiger partial charge is 0.274 e. The van der Waals surface area contributed by atoms with Gasteiger partial charge in [-0.05, 0) is 96.9 Å². The van der Waals surface area contributed by atoms with E-state index in [1.54, 1.807) is 35.6 Å². The van der Waals surface area contributed by atoms with Gasteiger partial charge < -0.3 is 25.5 Å². The van der Waals surface area contributed by atoms with E-state index in [0.29, 0.717) is 67.4 Å². The van der Waals surface area contributed by atoms with Crippen LogP contribution in [0.3, 0.4) is 0 Å². The van der Waals surface area contributed by atoms with Crippen LogP contribution in [0.5, 0.6) is 0 Å². The number of fused-ring (bicyclic) bond motifs is 5. The number of thiophene rings is 1. The van der Waals surface area contributed by atoms with Gasteiger partial charge in [-0.2, -0.15) is 0 Å². The van der Waals surface area contributed by atoms with Crippen molar-refractivity contribution in [3.05, 3.63) is 101 Å². The third-order valence-electron chi connectivity index (χ3n) is 9.92. The SMILES string of the molecule is Cc1csc2ccc3c(c12)[C@H](CCl)CN3C(=O)c1cc2cc(NC(=O)c3cc4cc(NC(=O)CCCCCN5C(=O)C=CC5=O)ccc4[nH]3)ccc2[nH]1. The van der Waals surface area contributed by atoms with E-state index in [2.05, 4.69) is 39.0 Å². The van der Waals surface area contributed by atoms with E-state index in [1.807, 2.05) is 35.2 Å². The highest BCUT2D eigenvalue weighted by molar-refractivity contribution is 7.17. The summed E-state index contributed by atoms with van der Waals surface area (Å²) in [5, 5.41) is 10.7. The molecule has 2 aliphatic rings. The zero-order valence-electron chi connectivity index (χ0n) is 28.8. The summed E-state index contributed by atoms with van der Waals surface area (Å²) in [6, 6.07) is 18.5. The summed E-state index contributed by atoms with van der Waals surface area (Å²) >= 11 is 8.12. The minimum Gasteiger partial charge on any atom is -0.351 e. The van der Waals surface area contributed by atoms with Crippen molar-refractivity contribution in [1.82, 2.24) is 14.9 Å². The molecule has 0 spiro atoms. The van der Waals surface area contributed by atoms with Gasteiger partial charge in [-0.1, -0.05) is 6.42 Å². The molecule has 11 nitrogen and oxygen atoms in total. The van der Waals surface area contributed by atoms with Crippen molar-refractivity contribution in [2.45, 2.75) is 38.5 Å². The number of benzene rings is 3. The Morgan fingerprint density at radius 1 is 0.849 bits per heavy atom. The number of aryl methyl sites for hydroxylation is 1. The third-order valence-corrected chi connectivity index (χ3v) is 11.4. The number of aromatic nitrogens is 2. The zero-order valence-corrected chi connectivity index (χ0v) is 30.3. The van der Waals surface area contributed by atoms with E-state index < -0.39 is 0 Å². The number of carbonyl (C=O) groups excluding carboxylic acids is 5. The molecular weight excluding hydrogens is 712 g/mol. The van der Waals surface area contributed by atoms with Gasteiger partial charge in [0.25, 0.3) is 23.6 Å². The Morgan fingerprint density at radius 3 is 2.25 bits per heavy atom. The van der Waals surface area contributed by atoms with Gasteiger partial charge in [-0.3, -0.25) is 28.9 Å². The number of imide groups is 1. The molecule has 0 unspecified atom stereocenters. The number of carbonyl (C=O) groups is 5. The maximum atomic E-state index is 13.9. The van der Waals surface area contributed by atoms with Gasteiger partial charge in [0, 0.05) is 92.4 Å². The molecule has 53 heavy (non-hydrogen) atoms. The number of aromatic amines is 2. The maximum absolute atomic E-state index is 13.9. The second-order valence-electron chi connectivity index (χ2n) is 13.5. The largest absolute Gasteiger partial charge is 0.351 e. The quantitative estimate of drug-likeness (QED) is 0.0606. The summed E-state index contributed by atoms with van der Waals surface area (Å²) in [7, 11) is 0. The topological polar surface area (TPSA) is 147 Å². The predicted molar refractivity (Wildman–Crippen MR) is 209 cm³/mol. The summed E-state index contributed by atoms with van der Waals surface area (Å²) < 4.78 is 1.19. The molecule has 3 aromatic carbocycles. The number of hydrogen-bond donors (Lipinski definition) is 4. The summed E-state index contributed by atoms with van der Waals surface area (Å²) in [6.45, 7) is 2.95. The summed E-state index contributed by atoms with van der Waals surface area (Å²) in [4.78, 5) is 72.5. The maximum Gasteiger partial charge on any atom is 0.274 e. The second-order valence-corrected chi connectivity index (χ2v) is 14.7. The van der Waals surface area contributed by atoms with E-state index in [0.717, 1.165) is 33.1 Å². The van der Waals surface area contributed by atoms with E-state index >= 15 is 0 Å². The van der Waals surface area contributed by atoms with E-state index in [9.17, 15) is 24.0 Å². The van der Waals surface area contributed by atoms with Crippen LogP contribution in [0.15, 0.2) is 78.2 Å². The monoisotopic (exact) mass is 746 g/mol. The van der Waals surface area contributed by atoms with E-state index in [-0.39, 0.29) is 35.5 Å². The van der Waals surface area contributed by atoms with Crippen LogP contribution in [0.4, 0.5) is 17.1 Å². The molecule has 0 fully saturated rings. The normalized spacial score (nSPS) is 15.3. The summed E-state index contributed by atoms with van der Waals surface area (Å²) in [5.41, 5.74) is 6.74. The number of hydrogen-bond acceptors (Lipinski definition) is 6. The van der Waals surface area contributed by atoms with Crippen molar-refractivity contribution >= 4 is 101 Å². The Bertz CT molecular complexity index is 2490. The highest BCUT2D eigenvalue weighted by atomic mass is 35.5. The van der Waals surface area contributed by atoms with Crippen LogP contribution in [0.25, 0.3) is 31.9 Å². The lowest BCUT2D eigenvalue weighted by molar-refractivity contribution is -0.136. The lowest BCUT2D eigenvalue weighted by atomic mass is 9.97. The Labute approximate surface area is 313 Å². The van der Waals surface area contributed by atoms with Crippen molar-refractivity contribution in [2.75, 3.05) is 34.5 Å². The number of nitrogens with zero attached hydrogens (tertiary/aromatic N) is 2. The molecule has 0 saturated carbocycles. The number of unbranched alkanes of at least 4 members (excludes halogenated alkanes) is 2. The minimum absolute atomic E-state index is 0.0442. The zero-order chi connectivity index (χ0) is 36.8. The van der Waals surface area contributed by atoms with Crippen molar-refractivity contribution in [1.29, 1.82) is 0 Å². The minimum atomic E-state index is -0.332. The standard InChI is InChI=1S/C40H35ClN6O5S/c1-22-21-53-33-11-10-32-38(37(22)33)25(19-41)20-47(32)40(52)31-18-24-16-27(7-9-29(24)45-31)43-39(51)30-17-23-15-26(6-8-28(23)44-30)42-34(48)5-3-2-4-14-46-35(49)12-13-36(46)50/h6-13,15-18,21,25,44-45H,2-5,14,19-20H2,1H3,(H,42,48)(H,43,51)/t25-/m1/s1. The van der Waals surface area contributed by atoms with Gasteiger partial charge in [0.15, 0.2) is 0 Å². The number of anilines is 3. The van der Waals surface area contributed by atoms with Gasteiger partial charge in [-0.15, -0.1) is 22.9 Å². The first kappa shape index (κ1) is 34.4. The molecule has 0 radical (unpaired) electrons. The lowest BCUT2D eigenvalue weighted by Gasteiger charge is -2.17. The third kappa shape index (κ3) is 6.60. The first-order valence-corrected chi connectivity index (χ1v) is 18.9. The molecule has 8 rings (SSSR count). The molecule has 0 bridgehead atoms. The first-order valence-electron chi connectivity index (χ1n) is 17.5. The Hall–Kier alpha value is -5.72. The molecule has 5 heterocycles. The molecule has 5 amide bonds. The fourth-order valence-corrected chi connectivity index (χ4v) is 8.50. The number of halogens is 1. The van der Waals surface area contributed by atoms with E-state index in [1.165, 1.54) is 32.7 Å². The predicted octanol–water partition coefficient (Wildman–Crippen LogP) is 7.83. The molecule has 4 N–H and O–H groups in total. The van der Waals surface area contributed by atoms with Crippen molar-refractivity contribution < 1.29 is 24.0 Å². The fourth-order valence-electron chi connectivity index (χ4n) is 7.29. The molecule has 2 aliphatic heterocycles. The molecule has 1 atom stereocenters. The number of nitrogens with one attached hydrogen (secondary N) is 4. The second kappa shape index (κ2) is 14.0. The molecule has 268 valence electrons. The van der Waals surface area contributed by atoms with Crippen LogP contribution in [-0.2, 0) is 14.4 Å². The number of alkyl halides is 1. The van der Waals surface area contributed by atoms with Crippen molar-refractivity contribution in [3.63, 3.8) is 0 Å². The van der Waals surface area contributed by atoms with Gasteiger partial charge in [0.05, 0.1) is 0 Å². The van der Waals surface area contributed by atoms with Crippen LogP contribution >= 0.6 is 22.9 Å². The fraction of sp³-hybridized carbons (Fsp3) is 0.225. The van der Waals surface area contributed by atoms with Crippen LogP contribution in [0, 0.1) is 6.92 Å².